The van der Waals surface area contributed by atoms with Crippen LogP contribution in [-0.2, 0) is 17.8 Å². The van der Waals surface area contributed by atoms with Crippen LogP contribution in [-0.4, -0.2) is 79.4 Å². The van der Waals surface area contributed by atoms with E-state index in [0.717, 1.165) is 71.0 Å². The van der Waals surface area contributed by atoms with Crippen molar-refractivity contribution in [3.05, 3.63) is 35.4 Å². The Labute approximate surface area is 192 Å². The molecule has 0 bridgehead atoms. The topological polar surface area (TPSA) is 51.2 Å². The van der Waals surface area contributed by atoms with E-state index in [1.165, 1.54) is 17.5 Å². The van der Waals surface area contributed by atoms with Gasteiger partial charge in [-0.25, -0.2) is 0 Å². The van der Waals surface area contributed by atoms with E-state index in [2.05, 4.69) is 51.3 Å². The molecule has 2 saturated heterocycles. The third-order valence-corrected chi connectivity index (χ3v) is 5.89. The number of amides is 1. The highest BCUT2D eigenvalue weighted by Gasteiger charge is 2.24. The molecule has 6 nitrogen and oxygen atoms in total. The number of halogens is 1. The highest BCUT2D eigenvalue weighted by Crippen LogP contribution is 2.11. The van der Waals surface area contributed by atoms with E-state index in [-0.39, 0.29) is 24.0 Å². The van der Waals surface area contributed by atoms with E-state index in [4.69, 9.17) is 0 Å². The summed E-state index contributed by atoms with van der Waals surface area (Å²) in [6, 6.07) is 8.57. The van der Waals surface area contributed by atoms with Crippen molar-refractivity contribution in [3.63, 3.8) is 0 Å². The van der Waals surface area contributed by atoms with Crippen LogP contribution in [0.3, 0.4) is 0 Å². The van der Waals surface area contributed by atoms with Gasteiger partial charge in [0.2, 0.25) is 5.91 Å². The van der Waals surface area contributed by atoms with Crippen LogP contribution in [0.15, 0.2) is 29.3 Å². The Balaban J connectivity index is 0.00000300. The van der Waals surface area contributed by atoms with Gasteiger partial charge in [-0.05, 0) is 36.8 Å². The highest BCUT2D eigenvalue weighted by molar-refractivity contribution is 14.0. The summed E-state index contributed by atoms with van der Waals surface area (Å²) in [5.41, 5.74) is 2.71. The number of piperazine rings is 1. The Kier molecular flexibility index (Phi) is 10.2. The Hall–Kier alpha value is -1.35. The number of benzene rings is 1. The van der Waals surface area contributed by atoms with Crippen LogP contribution in [0.4, 0.5) is 0 Å². The van der Waals surface area contributed by atoms with E-state index in [1.807, 2.05) is 11.9 Å². The molecule has 162 valence electrons. The fraction of sp³-hybridized carbons (Fsp3) is 0.636. The lowest BCUT2D eigenvalue weighted by Gasteiger charge is -2.37. The number of rotatable bonds is 5. The second kappa shape index (κ2) is 12.4. The molecule has 1 amide bonds. The fourth-order valence-electron chi connectivity index (χ4n) is 4.13. The van der Waals surface area contributed by atoms with Gasteiger partial charge in [0.25, 0.3) is 0 Å². The first-order valence-corrected chi connectivity index (χ1v) is 10.7. The molecule has 1 aromatic carbocycles. The standard InChI is InChI=1S/C22H35N5O.HI/c1-3-19-9-5-6-10-20(19)17-24-22(23-2)27-15-13-25(14-16-27)18-21(28)26-11-7-4-8-12-26;/h5-6,9-10H,3-4,7-8,11-18H2,1-2H3,(H,23,24);1H. The van der Waals surface area contributed by atoms with Crippen molar-refractivity contribution in [3.8, 4) is 0 Å². The van der Waals surface area contributed by atoms with Gasteiger partial charge in [-0.15, -0.1) is 24.0 Å². The molecule has 0 saturated carbocycles. The molecule has 0 radical (unpaired) electrons. The number of carbonyl (C=O) groups is 1. The molecule has 2 aliphatic heterocycles. The lowest BCUT2D eigenvalue weighted by atomic mass is 10.1. The molecule has 0 unspecified atom stereocenters. The van der Waals surface area contributed by atoms with Crippen LogP contribution < -0.4 is 5.32 Å². The average molecular weight is 513 g/mol. The first-order chi connectivity index (χ1) is 13.7. The molecule has 2 aliphatic rings. The van der Waals surface area contributed by atoms with Crippen LogP contribution in [0.25, 0.3) is 0 Å². The first-order valence-electron chi connectivity index (χ1n) is 10.7. The van der Waals surface area contributed by atoms with Gasteiger partial charge >= 0.3 is 0 Å². The maximum absolute atomic E-state index is 12.5. The first kappa shape index (κ1) is 23.9. The molecule has 2 fully saturated rings. The average Bonchev–Trinajstić information content (AvgIpc) is 2.76. The zero-order valence-electron chi connectivity index (χ0n) is 17.9. The number of guanidine groups is 1. The van der Waals surface area contributed by atoms with E-state index >= 15 is 0 Å². The SMILES string of the molecule is CCc1ccccc1CNC(=NC)N1CCN(CC(=O)N2CCCCC2)CC1.I. The van der Waals surface area contributed by atoms with E-state index in [1.54, 1.807) is 0 Å². The molecule has 1 N–H and O–H groups in total. The van der Waals surface area contributed by atoms with Crippen molar-refractivity contribution in [2.75, 3.05) is 52.9 Å². The summed E-state index contributed by atoms with van der Waals surface area (Å²) in [5, 5.41) is 3.52. The predicted molar refractivity (Wildman–Crippen MR) is 130 cm³/mol. The van der Waals surface area contributed by atoms with Crippen molar-refractivity contribution >= 4 is 35.8 Å². The summed E-state index contributed by atoms with van der Waals surface area (Å²) < 4.78 is 0. The molecule has 3 rings (SSSR count). The van der Waals surface area contributed by atoms with Crippen LogP contribution in [0, 0.1) is 0 Å². The quantitative estimate of drug-likeness (QED) is 0.374. The van der Waals surface area contributed by atoms with E-state index < -0.39 is 0 Å². The molecule has 1 aromatic rings. The Morgan fingerprint density at radius 2 is 1.62 bits per heavy atom. The smallest absolute Gasteiger partial charge is 0.236 e. The lowest BCUT2D eigenvalue weighted by molar-refractivity contribution is -0.133. The maximum atomic E-state index is 12.5. The van der Waals surface area contributed by atoms with Crippen molar-refractivity contribution in [1.29, 1.82) is 0 Å². The molecule has 0 aliphatic carbocycles. The molecular formula is C22H36IN5O. The van der Waals surface area contributed by atoms with Crippen LogP contribution >= 0.6 is 24.0 Å². The molecule has 7 heteroatoms. The monoisotopic (exact) mass is 513 g/mol. The van der Waals surface area contributed by atoms with Gasteiger partial charge in [0.1, 0.15) is 0 Å². The summed E-state index contributed by atoms with van der Waals surface area (Å²) in [7, 11) is 1.85. The number of carbonyl (C=O) groups excluding carboxylic acids is 1. The van der Waals surface area contributed by atoms with Gasteiger partial charge in [-0.3, -0.25) is 14.7 Å². The fourth-order valence-corrected chi connectivity index (χ4v) is 4.13. The molecule has 0 atom stereocenters. The Morgan fingerprint density at radius 1 is 0.966 bits per heavy atom. The number of piperidine rings is 1. The second-order valence-electron chi connectivity index (χ2n) is 7.73. The zero-order chi connectivity index (χ0) is 19.8. The number of nitrogens with one attached hydrogen (secondary N) is 1. The van der Waals surface area contributed by atoms with E-state index in [9.17, 15) is 4.79 Å². The minimum Gasteiger partial charge on any atom is -0.352 e. The normalized spacial score (nSPS) is 18.3. The number of likely N-dealkylation sites (tertiary alicyclic amines) is 1. The molecule has 0 aromatic heterocycles. The molecule has 29 heavy (non-hydrogen) atoms. The predicted octanol–water partition coefficient (Wildman–Crippen LogP) is 2.57. The van der Waals surface area contributed by atoms with Crippen molar-refractivity contribution in [2.24, 2.45) is 4.99 Å². The summed E-state index contributed by atoms with van der Waals surface area (Å²) in [4.78, 5) is 23.6. The van der Waals surface area contributed by atoms with Gasteiger partial charge in [0, 0.05) is 52.9 Å². The summed E-state index contributed by atoms with van der Waals surface area (Å²) in [5.74, 6) is 1.25. The summed E-state index contributed by atoms with van der Waals surface area (Å²) in [6.07, 6.45) is 4.61. The summed E-state index contributed by atoms with van der Waals surface area (Å²) in [6.45, 7) is 9.05. The minimum absolute atomic E-state index is 0. The number of hydrogen-bond acceptors (Lipinski definition) is 3. The molecule has 2 heterocycles. The number of nitrogens with zero attached hydrogens (tertiary/aromatic N) is 4. The van der Waals surface area contributed by atoms with Crippen LogP contribution in [0.5, 0.6) is 0 Å². The Bertz CT molecular complexity index is 667. The summed E-state index contributed by atoms with van der Waals surface area (Å²) >= 11 is 0. The minimum atomic E-state index is 0. The van der Waals surface area contributed by atoms with Crippen LogP contribution in [0.2, 0.25) is 0 Å². The molecular weight excluding hydrogens is 477 g/mol. The number of aryl methyl sites for hydroxylation is 1. The maximum Gasteiger partial charge on any atom is 0.236 e. The van der Waals surface area contributed by atoms with Crippen LogP contribution in [0.1, 0.15) is 37.3 Å². The van der Waals surface area contributed by atoms with Gasteiger partial charge < -0.3 is 15.1 Å². The van der Waals surface area contributed by atoms with Gasteiger partial charge in [0.05, 0.1) is 6.54 Å². The number of hydrogen-bond donors (Lipinski definition) is 1. The zero-order valence-corrected chi connectivity index (χ0v) is 20.2. The second-order valence-corrected chi connectivity index (χ2v) is 7.73. The van der Waals surface area contributed by atoms with Crippen molar-refractivity contribution in [1.82, 2.24) is 20.0 Å². The largest absolute Gasteiger partial charge is 0.352 e. The van der Waals surface area contributed by atoms with Crippen molar-refractivity contribution in [2.45, 2.75) is 39.2 Å². The third kappa shape index (κ3) is 6.84. The third-order valence-electron chi connectivity index (χ3n) is 5.89. The molecule has 0 spiro atoms. The highest BCUT2D eigenvalue weighted by atomic mass is 127. The van der Waals surface area contributed by atoms with Gasteiger partial charge in [-0.2, -0.15) is 0 Å². The van der Waals surface area contributed by atoms with Gasteiger partial charge in [0.15, 0.2) is 5.96 Å². The van der Waals surface area contributed by atoms with Gasteiger partial charge in [-0.1, -0.05) is 31.2 Å². The van der Waals surface area contributed by atoms with Crippen molar-refractivity contribution < 1.29 is 4.79 Å². The Morgan fingerprint density at radius 3 is 2.24 bits per heavy atom. The number of aliphatic imine (C=N–C) groups is 1. The lowest BCUT2D eigenvalue weighted by Crippen LogP contribution is -2.54. The van der Waals surface area contributed by atoms with E-state index in [0.29, 0.717) is 12.5 Å².